The van der Waals surface area contributed by atoms with Crippen molar-refractivity contribution in [2.24, 2.45) is 29.6 Å². The molecule has 2 saturated heterocycles. The van der Waals surface area contributed by atoms with E-state index in [-0.39, 0.29) is 18.6 Å². The molecule has 0 aromatic rings. The molecule has 2 heterocycles. The van der Waals surface area contributed by atoms with Crippen LogP contribution in [0.4, 0.5) is 0 Å². The molecule has 0 amide bonds. The molecule has 0 aliphatic carbocycles. The summed E-state index contributed by atoms with van der Waals surface area (Å²) in [7, 11) is 0. The molecule has 0 spiro atoms. The van der Waals surface area contributed by atoms with E-state index in [9.17, 15) is 35.1 Å². The Balaban J connectivity index is 2.46. The molecule has 5 N–H and O–H groups in total. The number of rotatable bonds is 3. The zero-order valence-corrected chi connectivity index (χ0v) is 23.4. The third kappa shape index (κ3) is 7.29. The molecule has 0 bridgehead atoms. The smallest absolute Gasteiger partial charge is 0.311 e. The summed E-state index contributed by atoms with van der Waals surface area (Å²) >= 11 is 0. The maximum atomic E-state index is 13.3. The van der Waals surface area contributed by atoms with Crippen LogP contribution in [-0.4, -0.2) is 91.9 Å². The lowest BCUT2D eigenvalue weighted by molar-refractivity contribution is -0.276. The highest BCUT2D eigenvalue weighted by atomic mass is 16.7. The van der Waals surface area contributed by atoms with Gasteiger partial charge in [-0.3, -0.25) is 9.59 Å². The van der Waals surface area contributed by atoms with Gasteiger partial charge >= 0.3 is 5.97 Å². The molecule has 14 unspecified atom stereocenters. The minimum atomic E-state index is -1.72. The van der Waals surface area contributed by atoms with Gasteiger partial charge in [0.25, 0.3) is 0 Å². The van der Waals surface area contributed by atoms with Gasteiger partial charge in [-0.15, -0.1) is 0 Å². The number of hydrogen-bond acceptors (Lipinski definition) is 10. The van der Waals surface area contributed by atoms with E-state index < -0.39 is 90.2 Å². The van der Waals surface area contributed by atoms with Crippen LogP contribution >= 0.6 is 0 Å². The maximum Gasteiger partial charge on any atom is 0.311 e. The summed E-state index contributed by atoms with van der Waals surface area (Å²) in [5.41, 5.74) is -1.72. The highest BCUT2D eigenvalue weighted by molar-refractivity contribution is 5.83. The van der Waals surface area contributed by atoms with E-state index >= 15 is 0 Å². The fourth-order valence-corrected chi connectivity index (χ4v) is 5.82. The lowest BCUT2D eigenvalue weighted by Gasteiger charge is -2.43. The van der Waals surface area contributed by atoms with E-state index in [2.05, 4.69) is 0 Å². The quantitative estimate of drug-likeness (QED) is 0.334. The normalized spacial score (nSPS) is 49.3. The van der Waals surface area contributed by atoms with E-state index in [1.165, 1.54) is 6.92 Å². The van der Waals surface area contributed by atoms with Gasteiger partial charge in [0.05, 0.1) is 42.0 Å². The van der Waals surface area contributed by atoms with E-state index in [4.69, 9.17) is 14.2 Å². The third-order valence-electron chi connectivity index (χ3n) is 8.46. The minimum absolute atomic E-state index is 0.0484. The van der Waals surface area contributed by atoms with Crippen LogP contribution in [0, 0.1) is 29.6 Å². The van der Waals surface area contributed by atoms with Gasteiger partial charge in [-0.05, 0) is 33.6 Å². The number of ketones is 1. The molecule has 2 rings (SSSR count). The lowest BCUT2D eigenvalue weighted by Crippen LogP contribution is -2.54. The molecule has 0 aromatic carbocycles. The van der Waals surface area contributed by atoms with Crippen molar-refractivity contribution >= 4 is 11.8 Å². The van der Waals surface area contributed by atoms with Crippen LogP contribution in [0.5, 0.6) is 0 Å². The van der Waals surface area contributed by atoms with Crippen molar-refractivity contribution in [2.75, 3.05) is 0 Å². The van der Waals surface area contributed by atoms with E-state index in [1.54, 1.807) is 41.5 Å². The second-order valence-electron chi connectivity index (χ2n) is 11.6. The molecule has 10 nitrogen and oxygen atoms in total. The van der Waals surface area contributed by atoms with Gasteiger partial charge in [0.15, 0.2) is 6.29 Å². The van der Waals surface area contributed by atoms with Crippen molar-refractivity contribution in [1.82, 2.24) is 0 Å². The zero-order chi connectivity index (χ0) is 28.4. The number of Topliss-reactive ketones (excluding diaryl/α,β-unsaturated/α-hetero) is 1. The molecule has 0 saturated carbocycles. The Labute approximate surface area is 220 Å². The summed E-state index contributed by atoms with van der Waals surface area (Å²) in [5, 5.41) is 53.7. The van der Waals surface area contributed by atoms with Crippen molar-refractivity contribution in [3.8, 4) is 0 Å². The number of aliphatic hydroxyl groups is 5. The van der Waals surface area contributed by atoms with Crippen LogP contribution in [0.2, 0.25) is 0 Å². The summed E-state index contributed by atoms with van der Waals surface area (Å²) in [6.45, 7) is 13.1. The average Bonchev–Trinajstić information content (AvgIpc) is 2.84. The Bertz CT molecular complexity index is 760. The molecule has 0 aromatic heterocycles. The first-order valence-electron chi connectivity index (χ1n) is 13.5. The Morgan fingerprint density at radius 2 is 1.54 bits per heavy atom. The van der Waals surface area contributed by atoms with Gasteiger partial charge < -0.3 is 39.7 Å². The van der Waals surface area contributed by atoms with Gasteiger partial charge in [-0.2, -0.15) is 0 Å². The molecule has 37 heavy (non-hydrogen) atoms. The van der Waals surface area contributed by atoms with Crippen molar-refractivity contribution in [3.63, 3.8) is 0 Å². The van der Waals surface area contributed by atoms with Crippen LogP contribution in [0.1, 0.15) is 74.7 Å². The van der Waals surface area contributed by atoms with Gasteiger partial charge in [0.2, 0.25) is 0 Å². The third-order valence-corrected chi connectivity index (χ3v) is 8.46. The summed E-state index contributed by atoms with van der Waals surface area (Å²) in [4.78, 5) is 26.5. The van der Waals surface area contributed by atoms with E-state index in [1.807, 2.05) is 6.92 Å². The molecule has 14 atom stereocenters. The Kier molecular flexibility index (Phi) is 11.1. The number of carbonyl (C=O) groups excluding carboxylic acids is 2. The van der Waals surface area contributed by atoms with Crippen LogP contribution in [0.3, 0.4) is 0 Å². The zero-order valence-electron chi connectivity index (χ0n) is 23.4. The van der Waals surface area contributed by atoms with Gasteiger partial charge in [-0.25, -0.2) is 0 Å². The standard InChI is InChI=1S/C27H48O10/c1-9-19-13(3)22(30)14(4)21(29)12(2)11-27(8,34)25(32)15(5)24(16(6)26(33)36-19)37-20-10-18(28)23(31)17(7)35-20/h12-20,22-25,28,30-32,34H,9-11H2,1-8H3. The van der Waals surface area contributed by atoms with Crippen LogP contribution in [0.15, 0.2) is 0 Å². The lowest BCUT2D eigenvalue weighted by atomic mass is 9.75. The van der Waals surface area contributed by atoms with Crippen LogP contribution < -0.4 is 0 Å². The molecule has 0 radical (unpaired) electrons. The first kappa shape index (κ1) is 32.1. The number of ether oxygens (including phenoxy) is 3. The summed E-state index contributed by atoms with van der Waals surface area (Å²) < 4.78 is 17.7. The molecule has 2 aliphatic heterocycles. The number of cyclic esters (lactones) is 1. The molecule has 10 heteroatoms. The molecule has 216 valence electrons. The van der Waals surface area contributed by atoms with Crippen molar-refractivity contribution < 1.29 is 49.3 Å². The SMILES string of the molecule is CCC1OC(=O)C(C)C(OC2CC(O)C(O)C(C)O2)C(C)C(O)C(C)(O)CC(C)C(=O)C(C)C(O)C1C. The number of carbonyl (C=O) groups is 2. The van der Waals surface area contributed by atoms with Gasteiger partial charge in [0.1, 0.15) is 18.0 Å². The van der Waals surface area contributed by atoms with Crippen LogP contribution in [-0.2, 0) is 23.8 Å². The summed E-state index contributed by atoms with van der Waals surface area (Å²) in [6.07, 6.45) is -7.72. The highest BCUT2D eigenvalue weighted by Gasteiger charge is 2.47. The Morgan fingerprint density at radius 3 is 2.08 bits per heavy atom. The van der Waals surface area contributed by atoms with Crippen molar-refractivity contribution in [2.45, 2.75) is 129 Å². The first-order chi connectivity index (χ1) is 17.0. The van der Waals surface area contributed by atoms with Crippen LogP contribution in [0.25, 0.3) is 0 Å². The van der Waals surface area contributed by atoms with Crippen molar-refractivity contribution in [3.05, 3.63) is 0 Å². The predicted octanol–water partition coefficient (Wildman–Crippen LogP) is 1.18. The average molecular weight is 533 g/mol. The Morgan fingerprint density at radius 1 is 0.946 bits per heavy atom. The number of esters is 1. The monoisotopic (exact) mass is 532 g/mol. The van der Waals surface area contributed by atoms with E-state index in [0.29, 0.717) is 6.42 Å². The minimum Gasteiger partial charge on any atom is -0.462 e. The van der Waals surface area contributed by atoms with Gasteiger partial charge in [0, 0.05) is 30.1 Å². The fraction of sp³-hybridized carbons (Fsp3) is 0.926. The topological polar surface area (TPSA) is 163 Å². The fourth-order valence-electron chi connectivity index (χ4n) is 5.82. The Hall–Kier alpha value is -1.14. The first-order valence-corrected chi connectivity index (χ1v) is 13.5. The second kappa shape index (κ2) is 12.8. The number of hydrogen-bond donors (Lipinski definition) is 5. The van der Waals surface area contributed by atoms with E-state index in [0.717, 1.165) is 0 Å². The summed E-state index contributed by atoms with van der Waals surface area (Å²) in [5.74, 6) is -4.55. The maximum absolute atomic E-state index is 13.3. The molecular weight excluding hydrogens is 484 g/mol. The molecular formula is C27H48O10. The molecule has 2 fully saturated rings. The largest absolute Gasteiger partial charge is 0.462 e. The van der Waals surface area contributed by atoms with Gasteiger partial charge in [-0.1, -0.05) is 34.6 Å². The molecule has 2 aliphatic rings. The summed E-state index contributed by atoms with van der Waals surface area (Å²) in [6, 6.07) is 0. The number of aliphatic hydroxyl groups excluding tert-OH is 4. The highest BCUT2D eigenvalue weighted by Crippen LogP contribution is 2.35. The predicted molar refractivity (Wildman–Crippen MR) is 134 cm³/mol. The van der Waals surface area contributed by atoms with Crippen molar-refractivity contribution in [1.29, 1.82) is 0 Å². The second-order valence-corrected chi connectivity index (χ2v) is 11.6.